The molecule has 102 valence electrons. The van der Waals surface area contributed by atoms with Crippen molar-refractivity contribution in [3.05, 3.63) is 11.6 Å². The first kappa shape index (κ1) is 12.1. The molecular weight excluding hydrogens is 246 g/mol. The number of carbonyl (C=O) groups is 2. The average molecular weight is 263 g/mol. The molecule has 1 fully saturated rings. The van der Waals surface area contributed by atoms with Crippen LogP contribution in [0, 0.1) is 0 Å². The summed E-state index contributed by atoms with van der Waals surface area (Å²) in [5.74, 6) is 1.50. The number of aryl methyl sites for hydroxylation is 1. The van der Waals surface area contributed by atoms with Crippen LogP contribution >= 0.6 is 0 Å². The molecule has 7 heteroatoms. The van der Waals surface area contributed by atoms with Gasteiger partial charge in [-0.2, -0.15) is 0 Å². The predicted octanol–water partition coefficient (Wildman–Crippen LogP) is 0.445. The van der Waals surface area contributed by atoms with E-state index in [-0.39, 0.29) is 18.5 Å². The van der Waals surface area contributed by atoms with E-state index in [1.165, 1.54) is 4.90 Å². The molecule has 0 aliphatic carbocycles. The summed E-state index contributed by atoms with van der Waals surface area (Å²) in [6, 6.07) is -0.721. The Hall–Kier alpha value is -1.92. The number of hydrogen-bond donors (Lipinski definition) is 1. The first-order chi connectivity index (χ1) is 9.20. The van der Waals surface area contributed by atoms with Crippen LogP contribution in [-0.2, 0) is 24.3 Å². The maximum absolute atomic E-state index is 12.0. The third-order valence-electron chi connectivity index (χ3n) is 3.75. The van der Waals surface area contributed by atoms with Crippen molar-refractivity contribution < 1.29 is 9.59 Å². The van der Waals surface area contributed by atoms with Gasteiger partial charge in [-0.05, 0) is 19.3 Å². The summed E-state index contributed by atoms with van der Waals surface area (Å²) in [5, 5.41) is 10.9. The number of rotatable bonds is 3. The highest BCUT2D eigenvalue weighted by Gasteiger charge is 2.37. The maximum atomic E-state index is 12.0. The SMILES string of the molecule is CCC1NC(=O)N(Cc2nnc3n2CCCC3)C1=O. The van der Waals surface area contributed by atoms with Crippen molar-refractivity contribution in [2.24, 2.45) is 0 Å². The van der Waals surface area contributed by atoms with Gasteiger partial charge in [0.2, 0.25) is 0 Å². The lowest BCUT2D eigenvalue weighted by Crippen LogP contribution is -2.32. The van der Waals surface area contributed by atoms with Crippen molar-refractivity contribution in [2.45, 2.75) is 51.7 Å². The van der Waals surface area contributed by atoms with Crippen LogP contribution in [0.1, 0.15) is 37.8 Å². The summed E-state index contributed by atoms with van der Waals surface area (Å²) in [5.41, 5.74) is 0. The van der Waals surface area contributed by atoms with E-state index in [1.54, 1.807) is 0 Å². The van der Waals surface area contributed by atoms with E-state index in [2.05, 4.69) is 15.5 Å². The largest absolute Gasteiger partial charge is 0.326 e. The van der Waals surface area contributed by atoms with Gasteiger partial charge in [-0.1, -0.05) is 6.92 Å². The molecule has 7 nitrogen and oxygen atoms in total. The van der Waals surface area contributed by atoms with Crippen LogP contribution in [0.5, 0.6) is 0 Å². The molecule has 3 heterocycles. The second-order valence-corrected chi connectivity index (χ2v) is 4.98. The number of urea groups is 1. The minimum absolute atomic E-state index is 0.166. The van der Waals surface area contributed by atoms with E-state index in [4.69, 9.17) is 0 Å². The lowest BCUT2D eigenvalue weighted by atomic mass is 10.1. The molecule has 3 amide bonds. The Kier molecular flexibility index (Phi) is 2.96. The Balaban J connectivity index is 1.80. The fourth-order valence-electron chi connectivity index (χ4n) is 2.63. The van der Waals surface area contributed by atoms with Crippen LogP contribution in [0.3, 0.4) is 0 Å². The van der Waals surface area contributed by atoms with E-state index >= 15 is 0 Å². The van der Waals surface area contributed by atoms with Gasteiger partial charge in [0.15, 0.2) is 5.82 Å². The van der Waals surface area contributed by atoms with Crippen LogP contribution in [0.2, 0.25) is 0 Å². The molecule has 0 saturated carbocycles. The third kappa shape index (κ3) is 1.98. The lowest BCUT2D eigenvalue weighted by molar-refractivity contribution is -0.128. The maximum Gasteiger partial charge on any atom is 0.325 e. The summed E-state index contributed by atoms with van der Waals surface area (Å²) in [6.07, 6.45) is 3.75. The molecule has 2 aliphatic rings. The van der Waals surface area contributed by atoms with Crippen molar-refractivity contribution in [1.29, 1.82) is 0 Å². The summed E-state index contributed by atoms with van der Waals surface area (Å²) < 4.78 is 2.03. The Morgan fingerprint density at radius 2 is 2.16 bits per heavy atom. The summed E-state index contributed by atoms with van der Waals surface area (Å²) in [7, 11) is 0. The van der Waals surface area contributed by atoms with Gasteiger partial charge in [-0.3, -0.25) is 9.69 Å². The molecule has 19 heavy (non-hydrogen) atoms. The molecule has 3 rings (SSSR count). The molecule has 1 unspecified atom stereocenters. The second kappa shape index (κ2) is 4.64. The smallest absolute Gasteiger partial charge is 0.325 e. The minimum Gasteiger partial charge on any atom is -0.326 e. The fourth-order valence-corrected chi connectivity index (χ4v) is 2.63. The Bertz CT molecular complexity index is 524. The normalized spacial score (nSPS) is 22.6. The lowest BCUT2D eigenvalue weighted by Gasteiger charge is -2.17. The molecule has 0 bridgehead atoms. The quantitative estimate of drug-likeness (QED) is 0.803. The molecule has 1 aromatic rings. The minimum atomic E-state index is -0.392. The van der Waals surface area contributed by atoms with Crippen molar-refractivity contribution in [3.63, 3.8) is 0 Å². The highest BCUT2D eigenvalue weighted by molar-refractivity contribution is 6.04. The van der Waals surface area contributed by atoms with E-state index in [1.807, 2.05) is 11.5 Å². The number of fused-ring (bicyclic) bond motifs is 1. The second-order valence-electron chi connectivity index (χ2n) is 4.98. The van der Waals surface area contributed by atoms with E-state index in [9.17, 15) is 9.59 Å². The molecular formula is C12H17N5O2. The van der Waals surface area contributed by atoms with Crippen molar-refractivity contribution in [1.82, 2.24) is 25.0 Å². The predicted molar refractivity (Wildman–Crippen MR) is 66.1 cm³/mol. The monoisotopic (exact) mass is 263 g/mol. The number of nitrogens with one attached hydrogen (secondary N) is 1. The van der Waals surface area contributed by atoms with Crippen molar-refractivity contribution >= 4 is 11.9 Å². The van der Waals surface area contributed by atoms with Crippen LogP contribution < -0.4 is 5.32 Å². The first-order valence-corrected chi connectivity index (χ1v) is 6.73. The van der Waals surface area contributed by atoms with Gasteiger partial charge >= 0.3 is 6.03 Å². The molecule has 1 saturated heterocycles. The van der Waals surface area contributed by atoms with Crippen LogP contribution in [0.15, 0.2) is 0 Å². The van der Waals surface area contributed by atoms with Crippen LogP contribution in [-0.4, -0.2) is 37.6 Å². The molecule has 0 radical (unpaired) electrons. The van der Waals surface area contributed by atoms with Crippen LogP contribution in [0.25, 0.3) is 0 Å². The molecule has 1 atom stereocenters. The van der Waals surface area contributed by atoms with E-state index in [0.29, 0.717) is 12.2 Å². The standard InChI is InChI=1S/C12H17N5O2/c1-2-8-11(18)17(12(19)13-8)7-10-15-14-9-5-3-4-6-16(9)10/h8H,2-7H2,1H3,(H,13,19). The summed E-state index contributed by atoms with van der Waals surface area (Å²) in [4.78, 5) is 25.0. The number of amides is 3. The zero-order valence-electron chi connectivity index (χ0n) is 10.9. The van der Waals surface area contributed by atoms with Crippen molar-refractivity contribution in [2.75, 3.05) is 0 Å². The van der Waals surface area contributed by atoms with Gasteiger partial charge < -0.3 is 9.88 Å². The van der Waals surface area contributed by atoms with Gasteiger partial charge in [-0.15, -0.1) is 10.2 Å². The highest BCUT2D eigenvalue weighted by atomic mass is 16.2. The number of nitrogens with zero attached hydrogens (tertiary/aromatic N) is 4. The zero-order valence-corrected chi connectivity index (χ0v) is 10.9. The highest BCUT2D eigenvalue weighted by Crippen LogP contribution is 2.17. The number of aromatic nitrogens is 3. The number of carbonyl (C=O) groups excluding carboxylic acids is 2. The molecule has 1 N–H and O–H groups in total. The Labute approximate surface area is 111 Å². The van der Waals surface area contributed by atoms with Gasteiger partial charge in [0, 0.05) is 13.0 Å². The van der Waals surface area contributed by atoms with Crippen LogP contribution in [0.4, 0.5) is 4.79 Å². The van der Waals surface area contributed by atoms with Crippen molar-refractivity contribution in [3.8, 4) is 0 Å². The Morgan fingerprint density at radius 1 is 1.32 bits per heavy atom. The van der Waals surface area contributed by atoms with Gasteiger partial charge in [-0.25, -0.2) is 4.79 Å². The summed E-state index contributed by atoms with van der Waals surface area (Å²) in [6.45, 7) is 2.97. The first-order valence-electron chi connectivity index (χ1n) is 6.73. The van der Waals surface area contributed by atoms with Gasteiger partial charge in [0.05, 0.1) is 6.54 Å². The zero-order chi connectivity index (χ0) is 13.4. The summed E-state index contributed by atoms with van der Waals surface area (Å²) >= 11 is 0. The van der Waals surface area contributed by atoms with E-state index in [0.717, 1.165) is 31.6 Å². The van der Waals surface area contributed by atoms with E-state index < -0.39 is 6.04 Å². The molecule has 1 aromatic heterocycles. The molecule has 0 aromatic carbocycles. The number of hydrogen-bond acceptors (Lipinski definition) is 4. The topological polar surface area (TPSA) is 80.1 Å². The Morgan fingerprint density at radius 3 is 2.89 bits per heavy atom. The van der Waals surface area contributed by atoms with Gasteiger partial charge in [0.1, 0.15) is 11.9 Å². The molecule has 0 spiro atoms. The number of imide groups is 1. The fraction of sp³-hybridized carbons (Fsp3) is 0.667. The average Bonchev–Trinajstić information content (AvgIpc) is 2.95. The molecule has 2 aliphatic heterocycles. The van der Waals surface area contributed by atoms with Gasteiger partial charge in [0.25, 0.3) is 5.91 Å². The third-order valence-corrected chi connectivity index (χ3v) is 3.75.